The minimum Gasteiger partial charge on any atom is -0.334 e. The molecule has 1 N–H and O–H groups in total. The van der Waals surface area contributed by atoms with Crippen molar-refractivity contribution in [3.8, 4) is 0 Å². The summed E-state index contributed by atoms with van der Waals surface area (Å²) in [5, 5.41) is 13.6. The standard InChI is InChI=1S/C13H17N3O3/c1-14-8-13(17)15(11-5-6-11)9-10-3-2-4-12(7-10)16(18)19/h2-4,7,11,14H,5-6,8-9H2,1H3. The monoisotopic (exact) mass is 263 g/mol. The lowest BCUT2D eigenvalue weighted by Gasteiger charge is -2.22. The highest BCUT2D eigenvalue weighted by Crippen LogP contribution is 2.28. The van der Waals surface area contributed by atoms with Crippen molar-refractivity contribution in [1.82, 2.24) is 10.2 Å². The summed E-state index contributed by atoms with van der Waals surface area (Å²) in [7, 11) is 1.73. The van der Waals surface area contributed by atoms with E-state index in [9.17, 15) is 14.9 Å². The Morgan fingerprint density at radius 3 is 2.84 bits per heavy atom. The molecule has 1 aliphatic carbocycles. The van der Waals surface area contributed by atoms with Gasteiger partial charge in [-0.25, -0.2) is 0 Å². The van der Waals surface area contributed by atoms with Gasteiger partial charge in [-0.3, -0.25) is 14.9 Å². The number of carbonyl (C=O) groups is 1. The third kappa shape index (κ3) is 3.51. The highest BCUT2D eigenvalue weighted by Gasteiger charge is 2.32. The van der Waals surface area contributed by atoms with Crippen molar-refractivity contribution in [2.45, 2.75) is 25.4 Å². The largest absolute Gasteiger partial charge is 0.334 e. The fraction of sp³-hybridized carbons (Fsp3) is 0.462. The van der Waals surface area contributed by atoms with E-state index in [1.807, 2.05) is 6.07 Å². The van der Waals surface area contributed by atoms with Gasteiger partial charge in [0.2, 0.25) is 5.91 Å². The predicted octanol–water partition coefficient (Wildman–Crippen LogP) is 1.31. The number of nitrogens with zero attached hydrogens (tertiary/aromatic N) is 2. The van der Waals surface area contributed by atoms with E-state index in [-0.39, 0.29) is 11.6 Å². The van der Waals surface area contributed by atoms with E-state index in [0.717, 1.165) is 18.4 Å². The van der Waals surface area contributed by atoms with E-state index in [1.54, 1.807) is 18.0 Å². The first-order chi connectivity index (χ1) is 9.11. The highest BCUT2D eigenvalue weighted by molar-refractivity contribution is 5.78. The van der Waals surface area contributed by atoms with Gasteiger partial charge in [0.25, 0.3) is 5.69 Å². The van der Waals surface area contributed by atoms with E-state index in [4.69, 9.17) is 0 Å². The zero-order valence-electron chi connectivity index (χ0n) is 10.8. The quantitative estimate of drug-likeness (QED) is 0.620. The maximum absolute atomic E-state index is 12.0. The lowest BCUT2D eigenvalue weighted by molar-refractivity contribution is -0.384. The van der Waals surface area contributed by atoms with Crippen molar-refractivity contribution < 1.29 is 9.72 Å². The topological polar surface area (TPSA) is 75.5 Å². The molecule has 19 heavy (non-hydrogen) atoms. The average Bonchev–Trinajstić information content (AvgIpc) is 3.20. The molecule has 0 spiro atoms. The summed E-state index contributed by atoms with van der Waals surface area (Å²) in [6, 6.07) is 6.75. The van der Waals surface area contributed by atoms with Crippen LogP contribution >= 0.6 is 0 Å². The summed E-state index contributed by atoms with van der Waals surface area (Å²) in [5.74, 6) is 0.0384. The van der Waals surface area contributed by atoms with Gasteiger partial charge in [-0.1, -0.05) is 12.1 Å². The van der Waals surface area contributed by atoms with Crippen LogP contribution in [0.2, 0.25) is 0 Å². The Morgan fingerprint density at radius 2 is 2.26 bits per heavy atom. The van der Waals surface area contributed by atoms with Crippen molar-refractivity contribution in [2.75, 3.05) is 13.6 Å². The van der Waals surface area contributed by atoms with Gasteiger partial charge in [0.05, 0.1) is 11.5 Å². The molecule has 1 saturated carbocycles. The Balaban J connectivity index is 2.10. The summed E-state index contributed by atoms with van der Waals surface area (Å²) in [4.78, 5) is 24.1. The van der Waals surface area contributed by atoms with Crippen LogP contribution in [0.3, 0.4) is 0 Å². The number of nitro groups is 1. The van der Waals surface area contributed by atoms with Gasteiger partial charge in [-0.2, -0.15) is 0 Å². The number of likely N-dealkylation sites (N-methyl/N-ethyl adjacent to an activating group) is 1. The molecule has 6 heteroatoms. The Kier molecular flexibility index (Phi) is 4.11. The molecule has 1 fully saturated rings. The zero-order valence-corrected chi connectivity index (χ0v) is 10.8. The summed E-state index contributed by atoms with van der Waals surface area (Å²) in [5.41, 5.74) is 0.861. The molecular formula is C13H17N3O3. The molecule has 1 aromatic carbocycles. The first-order valence-electron chi connectivity index (χ1n) is 6.29. The molecule has 0 saturated heterocycles. The molecule has 0 atom stereocenters. The zero-order chi connectivity index (χ0) is 13.8. The van der Waals surface area contributed by atoms with Crippen LogP contribution in [0.1, 0.15) is 18.4 Å². The molecule has 0 bridgehead atoms. The SMILES string of the molecule is CNCC(=O)N(Cc1cccc([N+](=O)[O-])c1)C1CC1. The number of nitro benzene ring substituents is 1. The number of hydrogen-bond donors (Lipinski definition) is 1. The highest BCUT2D eigenvalue weighted by atomic mass is 16.6. The molecule has 0 heterocycles. The summed E-state index contributed by atoms with van der Waals surface area (Å²) in [6.45, 7) is 0.734. The second-order valence-corrected chi connectivity index (χ2v) is 4.71. The normalized spacial score (nSPS) is 14.2. The van der Waals surface area contributed by atoms with Gasteiger partial charge in [0.15, 0.2) is 0 Å². The second-order valence-electron chi connectivity index (χ2n) is 4.71. The van der Waals surface area contributed by atoms with Crippen LogP contribution in [-0.2, 0) is 11.3 Å². The minimum atomic E-state index is -0.416. The van der Waals surface area contributed by atoms with Crippen molar-refractivity contribution in [1.29, 1.82) is 0 Å². The molecule has 102 valence electrons. The van der Waals surface area contributed by atoms with Gasteiger partial charge in [-0.15, -0.1) is 0 Å². The third-order valence-electron chi connectivity index (χ3n) is 3.11. The number of hydrogen-bond acceptors (Lipinski definition) is 4. The van der Waals surface area contributed by atoms with Crippen LogP contribution in [0.4, 0.5) is 5.69 Å². The van der Waals surface area contributed by atoms with Gasteiger partial charge in [0.1, 0.15) is 0 Å². The molecule has 1 aromatic rings. The van der Waals surface area contributed by atoms with E-state index in [0.29, 0.717) is 19.1 Å². The van der Waals surface area contributed by atoms with Crippen molar-refractivity contribution >= 4 is 11.6 Å². The van der Waals surface area contributed by atoms with Crippen LogP contribution in [0.15, 0.2) is 24.3 Å². The maximum atomic E-state index is 12.0. The molecule has 0 aliphatic heterocycles. The fourth-order valence-electron chi connectivity index (χ4n) is 2.02. The van der Waals surface area contributed by atoms with Gasteiger partial charge < -0.3 is 10.2 Å². The molecule has 0 aromatic heterocycles. The molecule has 0 radical (unpaired) electrons. The summed E-state index contributed by atoms with van der Waals surface area (Å²) in [6.07, 6.45) is 2.04. The van der Waals surface area contributed by atoms with Gasteiger partial charge in [-0.05, 0) is 25.5 Å². The third-order valence-corrected chi connectivity index (χ3v) is 3.11. The number of benzene rings is 1. The number of amides is 1. The minimum absolute atomic E-state index is 0.0384. The number of non-ortho nitro benzene ring substituents is 1. The molecule has 2 rings (SSSR count). The van der Waals surface area contributed by atoms with Crippen molar-refractivity contribution in [3.05, 3.63) is 39.9 Å². The Bertz CT molecular complexity index is 486. The second kappa shape index (κ2) is 5.79. The van der Waals surface area contributed by atoms with Crippen molar-refractivity contribution in [2.24, 2.45) is 0 Å². The molecule has 1 aliphatic rings. The van der Waals surface area contributed by atoms with Gasteiger partial charge in [0, 0.05) is 24.7 Å². The van der Waals surface area contributed by atoms with Crippen LogP contribution in [0.25, 0.3) is 0 Å². The maximum Gasteiger partial charge on any atom is 0.269 e. The first kappa shape index (κ1) is 13.5. The number of carbonyl (C=O) groups excluding carboxylic acids is 1. The average molecular weight is 263 g/mol. The Hall–Kier alpha value is -1.95. The first-order valence-corrected chi connectivity index (χ1v) is 6.29. The fourth-order valence-corrected chi connectivity index (χ4v) is 2.02. The van der Waals surface area contributed by atoms with Crippen LogP contribution < -0.4 is 5.32 Å². The Morgan fingerprint density at radius 1 is 1.53 bits per heavy atom. The van der Waals surface area contributed by atoms with E-state index in [1.165, 1.54) is 12.1 Å². The Labute approximate surface area is 111 Å². The summed E-state index contributed by atoms with van der Waals surface area (Å²) >= 11 is 0. The lowest BCUT2D eigenvalue weighted by atomic mass is 10.2. The van der Waals surface area contributed by atoms with E-state index >= 15 is 0 Å². The lowest BCUT2D eigenvalue weighted by Crippen LogP contribution is -2.38. The molecular weight excluding hydrogens is 246 g/mol. The van der Waals surface area contributed by atoms with E-state index < -0.39 is 4.92 Å². The smallest absolute Gasteiger partial charge is 0.269 e. The van der Waals surface area contributed by atoms with Crippen LogP contribution in [0, 0.1) is 10.1 Å². The molecule has 1 amide bonds. The molecule has 0 unspecified atom stereocenters. The van der Waals surface area contributed by atoms with E-state index in [2.05, 4.69) is 5.32 Å². The number of nitrogens with one attached hydrogen (secondary N) is 1. The number of rotatable bonds is 6. The predicted molar refractivity (Wildman–Crippen MR) is 70.6 cm³/mol. The van der Waals surface area contributed by atoms with Crippen molar-refractivity contribution in [3.63, 3.8) is 0 Å². The summed E-state index contributed by atoms with van der Waals surface area (Å²) < 4.78 is 0. The van der Waals surface area contributed by atoms with Gasteiger partial charge >= 0.3 is 0 Å². The molecule has 6 nitrogen and oxygen atoms in total. The van der Waals surface area contributed by atoms with Crippen LogP contribution in [-0.4, -0.2) is 35.4 Å². The van der Waals surface area contributed by atoms with Crippen LogP contribution in [0.5, 0.6) is 0 Å².